The number of hydrogen-bond donors (Lipinski definition) is 4. The van der Waals surface area contributed by atoms with E-state index in [4.69, 9.17) is 0 Å². The fourth-order valence-corrected chi connectivity index (χ4v) is 7.57. The van der Waals surface area contributed by atoms with Crippen molar-refractivity contribution in [1.82, 2.24) is 15.0 Å². The molecule has 2 atom stereocenters. The normalized spacial score (nSPS) is 20.4. The molecule has 1 aliphatic heterocycles. The number of Topliss-reactive ketones (excluding diaryl/α,β-unsaturated/α-hetero) is 1. The van der Waals surface area contributed by atoms with Crippen molar-refractivity contribution >= 4 is 33.5 Å². The summed E-state index contributed by atoms with van der Waals surface area (Å²) >= 11 is 0. The van der Waals surface area contributed by atoms with Crippen molar-refractivity contribution in [2.24, 2.45) is 10.8 Å². The summed E-state index contributed by atoms with van der Waals surface area (Å²) in [7, 11) is -4.06. The summed E-state index contributed by atoms with van der Waals surface area (Å²) in [6.45, 7) is 6.49. The van der Waals surface area contributed by atoms with Gasteiger partial charge in [-0.25, -0.2) is 18.1 Å². The summed E-state index contributed by atoms with van der Waals surface area (Å²) in [4.78, 5) is 41.3. The number of ketones is 1. The number of carboxylic acids is 1. The number of nitrogens with zero attached hydrogens (tertiary/aromatic N) is 1. The number of rotatable bonds is 13. The highest BCUT2D eigenvalue weighted by Gasteiger charge is 2.53. The number of sulfonamides is 1. The Morgan fingerprint density at radius 3 is 2.61 bits per heavy atom. The van der Waals surface area contributed by atoms with E-state index in [1.54, 1.807) is 0 Å². The van der Waals surface area contributed by atoms with Gasteiger partial charge >= 0.3 is 5.97 Å². The molecule has 0 aromatic carbocycles. The van der Waals surface area contributed by atoms with Crippen molar-refractivity contribution in [3.8, 4) is 0 Å². The molecule has 2 aliphatic rings. The van der Waals surface area contributed by atoms with Crippen LogP contribution in [0.1, 0.15) is 83.4 Å². The monoisotopic (exact) mass is 550 g/mol. The number of carboxylic acid groups (broad SMARTS) is 1. The van der Waals surface area contributed by atoms with Gasteiger partial charge in [0.2, 0.25) is 15.9 Å². The van der Waals surface area contributed by atoms with Gasteiger partial charge in [0, 0.05) is 37.0 Å². The lowest BCUT2D eigenvalue weighted by molar-refractivity contribution is -0.139. The average Bonchev–Trinajstić information content (AvgIpc) is 3.21. The summed E-state index contributed by atoms with van der Waals surface area (Å²) < 4.78 is 28.1. The fraction of sp³-hybridized carbons (Fsp3) is 0.704. The van der Waals surface area contributed by atoms with Crippen molar-refractivity contribution < 1.29 is 27.9 Å². The van der Waals surface area contributed by atoms with Crippen LogP contribution in [0.5, 0.6) is 0 Å². The van der Waals surface area contributed by atoms with Gasteiger partial charge in [0.15, 0.2) is 0 Å². The Morgan fingerprint density at radius 2 is 1.95 bits per heavy atom. The minimum Gasteiger partial charge on any atom is -0.480 e. The summed E-state index contributed by atoms with van der Waals surface area (Å²) in [6, 6.07) is 2.75. The maximum absolute atomic E-state index is 12.9. The molecule has 1 aromatic heterocycles. The van der Waals surface area contributed by atoms with E-state index >= 15 is 0 Å². The number of unbranched alkanes of at least 4 members (excludes halogenated alkanes) is 1. The number of aromatic nitrogens is 1. The lowest BCUT2D eigenvalue weighted by Crippen LogP contribution is -2.51. The molecule has 0 saturated heterocycles. The number of aliphatic carboxylic acids is 1. The first-order valence-corrected chi connectivity index (χ1v) is 15.2. The second-order valence-electron chi connectivity index (χ2n) is 11.6. The molecule has 0 bridgehead atoms. The first-order valence-electron chi connectivity index (χ1n) is 13.6. The summed E-state index contributed by atoms with van der Waals surface area (Å²) in [5.74, 6) is -1.10. The SMILES string of the molecule is CC(C)(C)C1(CS(=O)(=O)NC(CCNC(=O)CCCCc2ccc3c(n2)NCCC3)C(=O)O)CCCC1=O. The van der Waals surface area contributed by atoms with Crippen molar-refractivity contribution in [2.75, 3.05) is 24.2 Å². The molecule has 10 nitrogen and oxygen atoms in total. The van der Waals surface area contributed by atoms with Gasteiger partial charge in [0.25, 0.3) is 0 Å². The molecule has 3 rings (SSSR count). The highest BCUT2D eigenvalue weighted by molar-refractivity contribution is 7.89. The number of fused-ring (bicyclic) bond motifs is 1. The van der Waals surface area contributed by atoms with Gasteiger partial charge in [-0.3, -0.25) is 14.4 Å². The molecule has 4 N–H and O–H groups in total. The summed E-state index contributed by atoms with van der Waals surface area (Å²) in [5.41, 5.74) is 0.612. The quantitative estimate of drug-likeness (QED) is 0.273. The molecule has 0 spiro atoms. The van der Waals surface area contributed by atoms with E-state index in [9.17, 15) is 27.9 Å². The van der Waals surface area contributed by atoms with Crippen molar-refractivity contribution in [2.45, 2.75) is 91.0 Å². The van der Waals surface area contributed by atoms with Crippen molar-refractivity contribution in [1.29, 1.82) is 0 Å². The third-order valence-corrected chi connectivity index (χ3v) is 9.34. The van der Waals surface area contributed by atoms with Gasteiger partial charge in [-0.1, -0.05) is 26.8 Å². The zero-order valence-electron chi connectivity index (χ0n) is 22.8. The molecule has 1 aromatic rings. The Morgan fingerprint density at radius 1 is 1.18 bits per heavy atom. The Hall–Kier alpha value is -2.53. The topological polar surface area (TPSA) is 155 Å². The van der Waals surface area contributed by atoms with Crippen LogP contribution in [0, 0.1) is 10.8 Å². The number of hydrogen-bond acceptors (Lipinski definition) is 7. The first kappa shape index (κ1) is 30.0. The molecule has 1 saturated carbocycles. The zero-order chi connectivity index (χ0) is 28.0. The van der Waals surface area contributed by atoms with E-state index in [1.165, 1.54) is 5.56 Å². The summed E-state index contributed by atoms with van der Waals surface area (Å²) in [6.07, 6.45) is 6.00. The average molecular weight is 551 g/mol. The second kappa shape index (κ2) is 12.5. The van der Waals surface area contributed by atoms with E-state index in [2.05, 4.69) is 26.4 Å². The van der Waals surface area contributed by atoms with Gasteiger partial charge in [0.1, 0.15) is 17.6 Å². The van der Waals surface area contributed by atoms with E-state index < -0.39 is 38.6 Å². The molecule has 1 fully saturated rings. The third-order valence-electron chi connectivity index (χ3n) is 7.83. The smallest absolute Gasteiger partial charge is 0.321 e. The largest absolute Gasteiger partial charge is 0.480 e. The van der Waals surface area contributed by atoms with Gasteiger partial charge in [-0.05, 0) is 68.4 Å². The van der Waals surface area contributed by atoms with Crippen molar-refractivity contribution in [3.63, 3.8) is 0 Å². The number of anilines is 1. The summed E-state index contributed by atoms with van der Waals surface area (Å²) in [5, 5.41) is 15.6. The standard InChI is InChI=1S/C27H42N4O6S/c1-26(2,3)27(15-6-10-22(27)32)18-38(36,37)31-21(25(34)35)14-17-28-23(33)11-5-4-9-20-13-12-19-8-7-16-29-24(19)30-20/h12-13,21,31H,4-11,14-18H2,1-3H3,(H,28,33)(H,29,30)(H,34,35). The van der Waals surface area contributed by atoms with Crippen LogP contribution >= 0.6 is 0 Å². The van der Waals surface area contributed by atoms with Crippen LogP contribution < -0.4 is 15.4 Å². The Bertz CT molecular complexity index is 1130. The molecule has 2 unspecified atom stereocenters. The molecule has 0 radical (unpaired) electrons. The zero-order valence-corrected chi connectivity index (χ0v) is 23.6. The third kappa shape index (κ3) is 7.75. The molecular formula is C27H42N4O6S. The minimum atomic E-state index is -4.06. The number of amides is 1. The molecule has 1 amide bonds. The Kier molecular flexibility index (Phi) is 9.91. The Balaban J connectivity index is 1.42. The van der Waals surface area contributed by atoms with Crippen molar-refractivity contribution in [3.05, 3.63) is 23.4 Å². The van der Waals surface area contributed by atoms with Crippen LogP contribution in [0.2, 0.25) is 0 Å². The number of carbonyl (C=O) groups is 3. The number of carbonyl (C=O) groups excluding carboxylic acids is 2. The minimum absolute atomic E-state index is 0.0275. The predicted octanol–water partition coefficient (Wildman–Crippen LogP) is 2.82. The second-order valence-corrected chi connectivity index (χ2v) is 13.3. The lowest BCUT2D eigenvalue weighted by atomic mass is 9.66. The van der Waals surface area contributed by atoms with E-state index in [0.29, 0.717) is 32.1 Å². The van der Waals surface area contributed by atoms with Gasteiger partial charge < -0.3 is 15.7 Å². The lowest BCUT2D eigenvalue weighted by Gasteiger charge is -2.40. The Labute approximate surface area is 225 Å². The predicted molar refractivity (Wildman–Crippen MR) is 145 cm³/mol. The number of nitrogens with one attached hydrogen (secondary N) is 3. The maximum Gasteiger partial charge on any atom is 0.321 e. The van der Waals surface area contributed by atoms with Crippen LogP contribution in [0.3, 0.4) is 0 Å². The van der Waals surface area contributed by atoms with E-state index in [-0.39, 0.29) is 24.7 Å². The van der Waals surface area contributed by atoms with Crippen LogP contribution in [0.25, 0.3) is 0 Å². The van der Waals surface area contributed by atoms with E-state index in [1.807, 2.05) is 26.8 Å². The number of pyridine rings is 1. The maximum atomic E-state index is 12.9. The van der Waals surface area contributed by atoms with Crippen LogP contribution in [-0.2, 0) is 37.2 Å². The molecule has 212 valence electrons. The number of aryl methyl sites for hydroxylation is 2. The van der Waals surface area contributed by atoms with Crippen LogP contribution in [0.4, 0.5) is 5.82 Å². The molecule has 2 heterocycles. The van der Waals surface area contributed by atoms with Gasteiger partial charge in [-0.2, -0.15) is 0 Å². The van der Waals surface area contributed by atoms with Gasteiger partial charge in [-0.15, -0.1) is 0 Å². The highest BCUT2D eigenvalue weighted by atomic mass is 32.2. The fourth-order valence-electron chi connectivity index (χ4n) is 5.45. The van der Waals surface area contributed by atoms with Crippen LogP contribution in [-0.4, -0.2) is 61.1 Å². The molecule has 11 heteroatoms. The molecule has 1 aliphatic carbocycles. The van der Waals surface area contributed by atoms with E-state index in [0.717, 1.165) is 43.7 Å². The molecular weight excluding hydrogens is 508 g/mol. The first-order chi connectivity index (χ1) is 17.8. The van der Waals surface area contributed by atoms with Gasteiger partial charge in [0.05, 0.1) is 5.75 Å². The highest BCUT2D eigenvalue weighted by Crippen LogP contribution is 2.49. The molecule has 38 heavy (non-hydrogen) atoms. The van der Waals surface area contributed by atoms with Crippen LogP contribution in [0.15, 0.2) is 12.1 Å².